The summed E-state index contributed by atoms with van der Waals surface area (Å²) in [6, 6.07) is 2.45. The largest absolute Gasteiger partial charge is 0.490 e. The molecule has 1 saturated heterocycles. The minimum Gasteiger partial charge on any atom is -0.490 e. The van der Waals surface area contributed by atoms with Gasteiger partial charge in [-0.2, -0.15) is 0 Å². The summed E-state index contributed by atoms with van der Waals surface area (Å²) < 4.78 is 25.0. The number of nitrogens with two attached hydrogens (primary N) is 1. The Morgan fingerprint density at radius 1 is 1.32 bits per heavy atom. The molecule has 0 bridgehead atoms. The van der Waals surface area contributed by atoms with Gasteiger partial charge in [0.2, 0.25) is 5.91 Å². The van der Waals surface area contributed by atoms with Crippen LogP contribution in [0.1, 0.15) is 54.9 Å². The summed E-state index contributed by atoms with van der Waals surface area (Å²) in [4.78, 5) is 20.9. The van der Waals surface area contributed by atoms with Crippen molar-refractivity contribution in [1.29, 1.82) is 0 Å². The zero-order chi connectivity index (χ0) is 21.4. The van der Waals surface area contributed by atoms with Crippen LogP contribution in [0.15, 0.2) is 12.3 Å². The molecule has 2 atom stereocenters. The van der Waals surface area contributed by atoms with Crippen molar-refractivity contribution < 1.29 is 18.7 Å². The first-order chi connectivity index (χ1) is 15.1. The molecule has 1 saturated carbocycles. The van der Waals surface area contributed by atoms with E-state index in [9.17, 15) is 9.18 Å². The average Bonchev–Trinajstić information content (AvgIpc) is 3.34. The fourth-order valence-corrected chi connectivity index (χ4v) is 6.81. The number of aromatic nitrogens is 1. The van der Waals surface area contributed by atoms with Crippen molar-refractivity contribution in [2.24, 2.45) is 5.73 Å². The number of thiophene rings is 1. The summed E-state index contributed by atoms with van der Waals surface area (Å²) in [5, 5.41) is 1.09. The number of halogens is 1. The molecule has 1 aliphatic heterocycles. The molecule has 2 aromatic heterocycles. The summed E-state index contributed by atoms with van der Waals surface area (Å²) in [7, 11) is 0. The SMILES string of the molecule is NC(=O)C[C@H]1CCc2sc3nccc(O[C@H]4CC[C@H](N5CCO[C@H](CF)C5)CC4)c3c21. The van der Waals surface area contributed by atoms with Gasteiger partial charge in [0.1, 0.15) is 17.3 Å². The van der Waals surface area contributed by atoms with Crippen molar-refractivity contribution in [3.63, 3.8) is 0 Å². The first-order valence-electron chi connectivity index (χ1n) is 11.4. The van der Waals surface area contributed by atoms with Crippen molar-refractivity contribution in [2.75, 3.05) is 26.4 Å². The number of fused-ring (bicyclic) bond motifs is 3. The Kier molecular flexibility index (Phi) is 6.12. The van der Waals surface area contributed by atoms with Gasteiger partial charge in [-0.15, -0.1) is 11.3 Å². The topological polar surface area (TPSA) is 77.7 Å². The highest BCUT2D eigenvalue weighted by atomic mass is 32.1. The van der Waals surface area contributed by atoms with Gasteiger partial charge < -0.3 is 15.2 Å². The fourth-order valence-electron chi connectivity index (χ4n) is 5.55. The molecule has 6 nitrogen and oxygen atoms in total. The van der Waals surface area contributed by atoms with Gasteiger partial charge in [0.05, 0.1) is 24.2 Å². The van der Waals surface area contributed by atoms with E-state index in [0.717, 1.165) is 61.0 Å². The zero-order valence-corrected chi connectivity index (χ0v) is 18.5. The van der Waals surface area contributed by atoms with Gasteiger partial charge in [-0.05, 0) is 56.1 Å². The van der Waals surface area contributed by atoms with Crippen molar-refractivity contribution >= 4 is 27.5 Å². The lowest BCUT2D eigenvalue weighted by molar-refractivity contribution is -0.118. The van der Waals surface area contributed by atoms with Crippen LogP contribution in [0.25, 0.3) is 10.2 Å². The van der Waals surface area contributed by atoms with E-state index in [4.69, 9.17) is 15.2 Å². The summed E-state index contributed by atoms with van der Waals surface area (Å²) in [5.74, 6) is 0.819. The van der Waals surface area contributed by atoms with Crippen LogP contribution in [-0.2, 0) is 16.0 Å². The van der Waals surface area contributed by atoms with E-state index >= 15 is 0 Å². The Morgan fingerprint density at radius 3 is 2.94 bits per heavy atom. The smallest absolute Gasteiger partial charge is 0.218 e. The van der Waals surface area contributed by atoms with Crippen LogP contribution in [0.5, 0.6) is 5.75 Å². The molecule has 2 aromatic rings. The summed E-state index contributed by atoms with van der Waals surface area (Å²) in [6.45, 7) is 1.80. The third-order valence-electron chi connectivity index (χ3n) is 7.04. The molecule has 3 heterocycles. The molecule has 8 heteroatoms. The maximum Gasteiger partial charge on any atom is 0.218 e. The molecule has 5 rings (SSSR count). The van der Waals surface area contributed by atoms with Gasteiger partial charge in [-0.1, -0.05) is 0 Å². The number of rotatable bonds is 6. The number of amides is 1. The number of hydrogen-bond acceptors (Lipinski definition) is 6. The van der Waals surface area contributed by atoms with Crippen LogP contribution in [-0.4, -0.2) is 60.4 Å². The highest BCUT2D eigenvalue weighted by molar-refractivity contribution is 7.19. The van der Waals surface area contributed by atoms with E-state index in [1.54, 1.807) is 11.3 Å². The van der Waals surface area contributed by atoms with Gasteiger partial charge in [0, 0.05) is 36.6 Å². The summed E-state index contributed by atoms with van der Waals surface area (Å²) in [5.41, 5.74) is 6.74. The van der Waals surface area contributed by atoms with Crippen molar-refractivity contribution in [3.8, 4) is 5.75 Å². The van der Waals surface area contributed by atoms with Gasteiger partial charge in [-0.3, -0.25) is 9.69 Å². The number of alkyl halides is 1. The number of nitrogens with zero attached hydrogens (tertiary/aromatic N) is 2. The third-order valence-corrected chi connectivity index (χ3v) is 8.21. The first kappa shape index (κ1) is 21.1. The first-order valence-corrected chi connectivity index (χ1v) is 12.2. The Balaban J connectivity index is 1.28. The minimum absolute atomic E-state index is 0.173. The number of ether oxygens (including phenoxy) is 2. The second kappa shape index (κ2) is 9.00. The maximum atomic E-state index is 13.0. The standard InChI is InChI=1S/C23H30FN3O3S/c24-12-17-13-27(9-10-29-17)15-2-4-16(5-3-15)30-18-7-8-26-23-22(18)21-14(11-20(25)28)1-6-19(21)31-23/h7-8,14-17H,1-6,9-13H2,(H2,25,28)/t14-,15-,16-,17-/m1/s1. The molecule has 2 fully saturated rings. The highest BCUT2D eigenvalue weighted by Gasteiger charge is 2.33. The molecule has 0 radical (unpaired) electrons. The number of carbonyl (C=O) groups is 1. The molecule has 3 aliphatic rings. The van der Waals surface area contributed by atoms with Crippen LogP contribution in [0, 0.1) is 0 Å². The zero-order valence-electron chi connectivity index (χ0n) is 17.7. The van der Waals surface area contributed by atoms with Crippen LogP contribution >= 0.6 is 11.3 Å². The van der Waals surface area contributed by atoms with E-state index in [0.29, 0.717) is 25.6 Å². The molecule has 2 N–H and O–H groups in total. The Labute approximate surface area is 185 Å². The maximum absolute atomic E-state index is 13.0. The van der Waals surface area contributed by atoms with Crippen LogP contribution in [0.2, 0.25) is 0 Å². The van der Waals surface area contributed by atoms with Gasteiger partial charge >= 0.3 is 0 Å². The Hall–Kier alpha value is -1.77. The lowest BCUT2D eigenvalue weighted by Crippen LogP contribution is -2.50. The van der Waals surface area contributed by atoms with E-state index < -0.39 is 6.67 Å². The predicted octanol–water partition coefficient (Wildman–Crippen LogP) is 3.56. The minimum atomic E-state index is -0.408. The quantitative estimate of drug-likeness (QED) is 0.733. The number of primary amides is 1. The second-order valence-corrected chi connectivity index (χ2v) is 10.1. The van der Waals surface area contributed by atoms with Crippen molar-refractivity contribution in [3.05, 3.63) is 22.7 Å². The molecular formula is C23H30FN3O3S. The van der Waals surface area contributed by atoms with Gasteiger partial charge in [-0.25, -0.2) is 9.37 Å². The molecule has 31 heavy (non-hydrogen) atoms. The molecule has 0 aromatic carbocycles. The second-order valence-electron chi connectivity index (χ2n) is 9.02. The van der Waals surface area contributed by atoms with Crippen molar-refractivity contribution in [2.45, 2.75) is 69.1 Å². The van der Waals surface area contributed by atoms with E-state index in [2.05, 4.69) is 9.88 Å². The Morgan fingerprint density at radius 2 is 2.16 bits per heavy atom. The third kappa shape index (κ3) is 4.30. The molecule has 1 amide bonds. The van der Waals surface area contributed by atoms with E-state index in [-0.39, 0.29) is 24.0 Å². The lowest BCUT2D eigenvalue weighted by Gasteiger charge is -2.40. The number of carbonyl (C=O) groups excluding carboxylic acids is 1. The van der Waals surface area contributed by atoms with Crippen LogP contribution < -0.4 is 10.5 Å². The summed E-state index contributed by atoms with van der Waals surface area (Å²) in [6.07, 6.45) is 8.16. The number of aryl methyl sites for hydroxylation is 1. The fraction of sp³-hybridized carbons (Fsp3) is 0.652. The molecule has 0 spiro atoms. The number of hydrogen-bond donors (Lipinski definition) is 1. The molecule has 168 valence electrons. The number of morpholine rings is 1. The summed E-state index contributed by atoms with van der Waals surface area (Å²) >= 11 is 1.72. The average molecular weight is 448 g/mol. The molecular weight excluding hydrogens is 417 g/mol. The highest BCUT2D eigenvalue weighted by Crippen LogP contribution is 2.48. The molecule has 2 aliphatic carbocycles. The van der Waals surface area contributed by atoms with Crippen LogP contribution in [0.4, 0.5) is 4.39 Å². The monoisotopic (exact) mass is 447 g/mol. The molecule has 0 unspecified atom stereocenters. The normalized spacial score (nSPS) is 29.2. The van der Waals surface area contributed by atoms with Gasteiger partial charge in [0.15, 0.2) is 0 Å². The Bertz CT molecular complexity index is 944. The lowest BCUT2D eigenvalue weighted by atomic mass is 9.91. The predicted molar refractivity (Wildman–Crippen MR) is 118 cm³/mol. The van der Waals surface area contributed by atoms with E-state index in [1.807, 2.05) is 12.3 Å². The number of pyridine rings is 1. The van der Waals surface area contributed by atoms with Crippen molar-refractivity contribution in [1.82, 2.24) is 9.88 Å². The van der Waals surface area contributed by atoms with Crippen LogP contribution in [0.3, 0.4) is 0 Å². The van der Waals surface area contributed by atoms with E-state index in [1.165, 1.54) is 10.4 Å². The van der Waals surface area contributed by atoms with Gasteiger partial charge in [0.25, 0.3) is 0 Å².